The zero-order valence-electron chi connectivity index (χ0n) is 29.2. The first-order chi connectivity index (χ1) is 25.5. The highest BCUT2D eigenvalue weighted by molar-refractivity contribution is 6.25. The van der Waals surface area contributed by atoms with Crippen LogP contribution in [0.3, 0.4) is 0 Å². The lowest BCUT2D eigenvalue weighted by Crippen LogP contribution is -2.14. The summed E-state index contributed by atoms with van der Waals surface area (Å²) in [5.74, 6) is 0. The quantitative estimate of drug-likeness (QED) is 0.166. The molecule has 0 atom stereocenters. The van der Waals surface area contributed by atoms with Gasteiger partial charge in [-0.25, -0.2) is 0 Å². The molecule has 1 aliphatic carbocycles. The van der Waals surface area contributed by atoms with Crippen LogP contribution in [0.2, 0.25) is 0 Å². The number of aromatic nitrogens is 1. The van der Waals surface area contributed by atoms with E-state index in [9.17, 15) is 0 Å². The normalized spacial score (nSPS) is 13.3. The molecular formula is C51H35N. The van der Waals surface area contributed by atoms with Crippen LogP contribution in [0.25, 0.3) is 93.2 Å². The second kappa shape index (κ2) is 10.8. The van der Waals surface area contributed by atoms with E-state index >= 15 is 0 Å². The summed E-state index contributed by atoms with van der Waals surface area (Å²) in [6.07, 6.45) is 0. The van der Waals surface area contributed by atoms with Gasteiger partial charge >= 0.3 is 0 Å². The van der Waals surface area contributed by atoms with E-state index in [1.54, 1.807) is 0 Å². The van der Waals surface area contributed by atoms with Crippen LogP contribution >= 0.6 is 0 Å². The number of benzene rings is 9. The zero-order chi connectivity index (χ0) is 34.6. The number of nitrogens with zero attached hydrogens (tertiary/aromatic N) is 1. The van der Waals surface area contributed by atoms with Crippen LogP contribution in [-0.4, -0.2) is 4.57 Å². The van der Waals surface area contributed by atoms with Crippen molar-refractivity contribution >= 4 is 54.1 Å². The molecule has 0 saturated carbocycles. The van der Waals surface area contributed by atoms with Gasteiger partial charge in [0.05, 0.1) is 11.0 Å². The highest BCUT2D eigenvalue weighted by Crippen LogP contribution is 2.51. The smallest absolute Gasteiger partial charge is 0.0544 e. The third kappa shape index (κ3) is 4.11. The molecule has 0 bridgehead atoms. The molecule has 1 heterocycles. The minimum atomic E-state index is -0.0637. The molecule has 0 radical (unpaired) electrons. The predicted octanol–water partition coefficient (Wildman–Crippen LogP) is 13.9. The lowest BCUT2D eigenvalue weighted by Gasteiger charge is -2.21. The topological polar surface area (TPSA) is 4.93 Å². The lowest BCUT2D eigenvalue weighted by molar-refractivity contribution is 0.661. The monoisotopic (exact) mass is 661 g/mol. The standard InChI is InChI=1S/C51H35N/c1-51(2)47-22-11-10-21-42(47)44-30-46-45-29-35(24-26-49(45)52(50(46)31-48(44)51)36-15-4-3-5-16-36)33-14-12-13-32(27-33)34-23-25-41-39-19-7-6-17-37(39)38-18-8-9-20-40(38)43(41)28-34/h3-31H,1-2H3. The number of fused-ring (bicyclic) bond motifs is 12. The Bertz CT molecular complexity index is 3050. The summed E-state index contributed by atoms with van der Waals surface area (Å²) >= 11 is 0. The first-order valence-corrected chi connectivity index (χ1v) is 18.3. The van der Waals surface area contributed by atoms with E-state index in [0.29, 0.717) is 0 Å². The van der Waals surface area contributed by atoms with Gasteiger partial charge in [-0.1, -0.05) is 141 Å². The van der Waals surface area contributed by atoms with Crippen LogP contribution in [0, 0.1) is 0 Å². The Kier molecular flexibility index (Phi) is 6.08. The van der Waals surface area contributed by atoms with Crippen LogP contribution in [-0.2, 0) is 5.41 Å². The Morgan fingerprint density at radius 1 is 0.327 bits per heavy atom. The highest BCUT2D eigenvalue weighted by Gasteiger charge is 2.36. The summed E-state index contributed by atoms with van der Waals surface area (Å²) < 4.78 is 2.45. The molecule has 0 fully saturated rings. The van der Waals surface area contributed by atoms with E-state index in [0.717, 1.165) is 0 Å². The van der Waals surface area contributed by atoms with Gasteiger partial charge in [0, 0.05) is 21.9 Å². The largest absolute Gasteiger partial charge is 0.309 e. The second-order valence-corrected chi connectivity index (χ2v) is 14.9. The molecule has 0 N–H and O–H groups in total. The lowest BCUT2D eigenvalue weighted by atomic mass is 9.82. The predicted molar refractivity (Wildman–Crippen MR) is 222 cm³/mol. The molecule has 1 aromatic heterocycles. The second-order valence-electron chi connectivity index (χ2n) is 14.9. The fourth-order valence-corrected chi connectivity index (χ4v) is 9.21. The Morgan fingerprint density at radius 3 is 1.58 bits per heavy atom. The zero-order valence-corrected chi connectivity index (χ0v) is 29.2. The Labute approximate surface area is 303 Å². The summed E-state index contributed by atoms with van der Waals surface area (Å²) in [5.41, 5.74) is 14.0. The third-order valence-electron chi connectivity index (χ3n) is 11.8. The maximum atomic E-state index is 2.46. The molecule has 9 aromatic carbocycles. The van der Waals surface area contributed by atoms with Crippen molar-refractivity contribution in [2.24, 2.45) is 0 Å². The van der Waals surface area contributed by atoms with Crippen molar-refractivity contribution in [2.75, 3.05) is 0 Å². The van der Waals surface area contributed by atoms with Crippen LogP contribution in [0.4, 0.5) is 0 Å². The summed E-state index contributed by atoms with van der Waals surface area (Å²) in [7, 11) is 0. The first-order valence-electron chi connectivity index (χ1n) is 18.3. The fourth-order valence-electron chi connectivity index (χ4n) is 9.21. The molecule has 11 rings (SSSR count). The summed E-state index contributed by atoms with van der Waals surface area (Å²) in [4.78, 5) is 0. The molecule has 1 aliphatic rings. The fraction of sp³-hybridized carbons (Fsp3) is 0.0588. The van der Waals surface area contributed by atoms with Crippen molar-refractivity contribution in [3.63, 3.8) is 0 Å². The van der Waals surface area contributed by atoms with Gasteiger partial charge in [-0.2, -0.15) is 0 Å². The van der Waals surface area contributed by atoms with Crippen molar-refractivity contribution < 1.29 is 0 Å². The number of hydrogen-bond donors (Lipinski definition) is 0. The van der Waals surface area contributed by atoms with Gasteiger partial charge in [-0.05, 0) is 125 Å². The molecule has 10 aromatic rings. The molecular weight excluding hydrogens is 627 g/mol. The Hall–Kier alpha value is -6.44. The van der Waals surface area contributed by atoms with Crippen molar-refractivity contribution in [1.29, 1.82) is 0 Å². The minimum Gasteiger partial charge on any atom is -0.309 e. The minimum absolute atomic E-state index is 0.0637. The molecule has 0 spiro atoms. The maximum Gasteiger partial charge on any atom is 0.0544 e. The van der Waals surface area contributed by atoms with E-state index in [4.69, 9.17) is 0 Å². The van der Waals surface area contributed by atoms with Crippen molar-refractivity contribution in [3.05, 3.63) is 187 Å². The van der Waals surface area contributed by atoms with Gasteiger partial charge in [0.1, 0.15) is 0 Å². The van der Waals surface area contributed by atoms with Gasteiger partial charge in [0.15, 0.2) is 0 Å². The van der Waals surface area contributed by atoms with Crippen LogP contribution in [0.15, 0.2) is 176 Å². The van der Waals surface area contributed by atoms with Gasteiger partial charge < -0.3 is 4.57 Å². The van der Waals surface area contributed by atoms with Gasteiger partial charge in [0.2, 0.25) is 0 Å². The molecule has 0 unspecified atom stereocenters. The first kappa shape index (κ1) is 29.3. The van der Waals surface area contributed by atoms with Gasteiger partial charge in [-0.3, -0.25) is 0 Å². The number of hydrogen-bond acceptors (Lipinski definition) is 0. The highest BCUT2D eigenvalue weighted by atomic mass is 15.0. The molecule has 1 nitrogen and oxygen atoms in total. The van der Waals surface area contributed by atoms with E-state index < -0.39 is 0 Å². The summed E-state index contributed by atoms with van der Waals surface area (Å²) in [6.45, 7) is 4.73. The van der Waals surface area contributed by atoms with Gasteiger partial charge in [-0.15, -0.1) is 0 Å². The van der Waals surface area contributed by atoms with E-state index in [2.05, 4.69) is 194 Å². The van der Waals surface area contributed by atoms with Crippen molar-refractivity contribution in [1.82, 2.24) is 4.57 Å². The third-order valence-corrected chi connectivity index (χ3v) is 11.8. The van der Waals surface area contributed by atoms with E-state index in [1.807, 2.05) is 0 Å². The van der Waals surface area contributed by atoms with Crippen molar-refractivity contribution in [2.45, 2.75) is 19.3 Å². The Balaban J connectivity index is 1.10. The molecule has 0 aliphatic heterocycles. The number of rotatable bonds is 3. The van der Waals surface area contributed by atoms with E-state index in [-0.39, 0.29) is 5.41 Å². The molecule has 0 amide bonds. The molecule has 1 heteroatoms. The average molecular weight is 662 g/mol. The van der Waals surface area contributed by atoms with Crippen molar-refractivity contribution in [3.8, 4) is 39.1 Å². The van der Waals surface area contributed by atoms with Crippen LogP contribution in [0.1, 0.15) is 25.0 Å². The van der Waals surface area contributed by atoms with E-state index in [1.165, 1.54) is 104 Å². The average Bonchev–Trinajstić information content (AvgIpc) is 3.64. The van der Waals surface area contributed by atoms with Crippen LogP contribution < -0.4 is 0 Å². The van der Waals surface area contributed by atoms with Crippen LogP contribution in [0.5, 0.6) is 0 Å². The van der Waals surface area contributed by atoms with Gasteiger partial charge in [0.25, 0.3) is 0 Å². The summed E-state index contributed by atoms with van der Waals surface area (Å²) in [6, 6.07) is 65.4. The number of para-hydroxylation sites is 1. The Morgan fingerprint density at radius 2 is 0.865 bits per heavy atom. The molecule has 0 saturated heterocycles. The summed E-state index contributed by atoms with van der Waals surface area (Å²) in [5, 5.41) is 10.4. The molecule has 52 heavy (non-hydrogen) atoms. The SMILES string of the molecule is CC1(C)c2ccccc2-c2cc3c4cc(-c5cccc(-c6ccc7c8ccccc8c8ccccc8c7c6)c5)ccc4n(-c4ccccc4)c3cc21. The maximum absolute atomic E-state index is 2.46. The molecule has 244 valence electrons.